The van der Waals surface area contributed by atoms with Crippen molar-refractivity contribution >= 4 is 0 Å². The van der Waals surface area contributed by atoms with Crippen LogP contribution in [-0.4, -0.2) is 34.6 Å². The normalized spacial score (nSPS) is 12.1. The van der Waals surface area contributed by atoms with E-state index in [4.69, 9.17) is 14.3 Å². The molecule has 0 bridgehead atoms. The predicted octanol–water partition coefficient (Wildman–Crippen LogP) is 3.05. The Morgan fingerprint density at radius 1 is 0.875 bits per heavy atom. The van der Waals surface area contributed by atoms with Gasteiger partial charge >= 0.3 is 0 Å². The molecule has 1 aromatic heterocycles. The number of hydrogen-bond donors (Lipinski definition) is 3. The van der Waals surface area contributed by atoms with Gasteiger partial charge in [-0.05, 0) is 35.4 Å². The van der Waals surface area contributed by atoms with E-state index >= 15 is 0 Å². The van der Waals surface area contributed by atoms with Crippen LogP contribution < -0.4 is 4.74 Å². The van der Waals surface area contributed by atoms with Gasteiger partial charge in [0.15, 0.2) is 0 Å². The summed E-state index contributed by atoms with van der Waals surface area (Å²) in [5, 5.41) is 27.5. The fourth-order valence-electron chi connectivity index (χ4n) is 2.36. The molecule has 1 unspecified atom stereocenters. The molecule has 0 saturated carbocycles. The molecule has 0 aliphatic heterocycles. The third kappa shape index (κ3) is 3.59. The van der Waals surface area contributed by atoms with Crippen molar-refractivity contribution in [3.05, 3.63) is 61.1 Å². The summed E-state index contributed by atoms with van der Waals surface area (Å²) in [7, 11) is 0. The molecule has 0 saturated heterocycles. The molecule has 1 heterocycles. The average molecular weight is 326 g/mol. The van der Waals surface area contributed by atoms with Crippen molar-refractivity contribution in [2.45, 2.75) is 6.10 Å². The quantitative estimate of drug-likeness (QED) is 0.648. The highest BCUT2D eigenvalue weighted by atomic mass is 16.5. The van der Waals surface area contributed by atoms with E-state index in [9.17, 15) is 10.2 Å². The Morgan fingerprint density at radius 3 is 1.96 bits per heavy atom. The minimum Gasteiger partial charge on any atom is -0.508 e. The van der Waals surface area contributed by atoms with E-state index in [2.05, 4.69) is 0 Å². The molecule has 3 rings (SSSR count). The van der Waals surface area contributed by atoms with Gasteiger partial charge in [-0.15, -0.1) is 0 Å². The van der Waals surface area contributed by atoms with Gasteiger partial charge in [-0.2, -0.15) is 0 Å². The standard InChI is InChI=1S/C19H18O5/c20-9-16(22)10-24-17-7-3-14(4-8-17)19-12-23-11-18(19)13-1-5-15(21)6-2-13/h1-8,11-12,16,20-22H,9-10H2. The minimum atomic E-state index is -0.889. The van der Waals surface area contributed by atoms with Crippen LogP contribution >= 0.6 is 0 Å². The smallest absolute Gasteiger partial charge is 0.119 e. The number of hydrogen-bond acceptors (Lipinski definition) is 5. The summed E-state index contributed by atoms with van der Waals surface area (Å²) in [6.07, 6.45) is 2.46. The van der Waals surface area contributed by atoms with Gasteiger partial charge in [0.25, 0.3) is 0 Å². The van der Waals surface area contributed by atoms with E-state index in [0.29, 0.717) is 5.75 Å². The first kappa shape index (κ1) is 16.1. The lowest BCUT2D eigenvalue weighted by Crippen LogP contribution is -2.21. The summed E-state index contributed by atoms with van der Waals surface area (Å²) >= 11 is 0. The van der Waals surface area contributed by atoms with Crippen molar-refractivity contribution in [3.63, 3.8) is 0 Å². The molecule has 1 atom stereocenters. The summed E-state index contributed by atoms with van der Waals surface area (Å²) in [6, 6.07) is 14.3. The molecule has 0 fully saturated rings. The number of rotatable bonds is 6. The molecule has 0 amide bonds. The van der Waals surface area contributed by atoms with Gasteiger partial charge in [0.05, 0.1) is 19.1 Å². The van der Waals surface area contributed by atoms with Crippen LogP contribution in [0, 0.1) is 0 Å². The highest BCUT2D eigenvalue weighted by Crippen LogP contribution is 2.34. The lowest BCUT2D eigenvalue weighted by molar-refractivity contribution is 0.0536. The Kier molecular flexibility index (Phi) is 4.84. The Labute approximate surface area is 139 Å². The van der Waals surface area contributed by atoms with E-state index in [-0.39, 0.29) is 19.0 Å². The van der Waals surface area contributed by atoms with Crippen LogP contribution in [0.15, 0.2) is 65.5 Å². The summed E-state index contributed by atoms with van der Waals surface area (Å²) in [6.45, 7) is -0.288. The molecule has 0 aliphatic rings. The van der Waals surface area contributed by atoms with Crippen molar-refractivity contribution in [2.24, 2.45) is 0 Å². The van der Waals surface area contributed by atoms with Gasteiger partial charge in [-0.1, -0.05) is 24.3 Å². The highest BCUT2D eigenvalue weighted by Gasteiger charge is 2.11. The lowest BCUT2D eigenvalue weighted by atomic mass is 9.99. The summed E-state index contributed by atoms with van der Waals surface area (Å²) < 4.78 is 10.8. The van der Waals surface area contributed by atoms with Gasteiger partial charge < -0.3 is 24.5 Å². The topological polar surface area (TPSA) is 83.1 Å². The molecule has 5 heteroatoms. The molecule has 3 aromatic rings. The second-order valence-corrected chi connectivity index (χ2v) is 5.42. The second kappa shape index (κ2) is 7.21. The Balaban J connectivity index is 1.80. The first-order chi connectivity index (χ1) is 11.7. The maximum atomic E-state index is 9.41. The third-order valence-corrected chi connectivity index (χ3v) is 3.66. The van der Waals surface area contributed by atoms with Gasteiger partial charge in [0, 0.05) is 11.1 Å². The fourth-order valence-corrected chi connectivity index (χ4v) is 2.36. The summed E-state index contributed by atoms with van der Waals surface area (Å²) in [5.41, 5.74) is 3.77. The van der Waals surface area contributed by atoms with Crippen LogP contribution in [0.3, 0.4) is 0 Å². The molecule has 24 heavy (non-hydrogen) atoms. The monoisotopic (exact) mass is 326 g/mol. The van der Waals surface area contributed by atoms with Crippen LogP contribution in [0.25, 0.3) is 22.3 Å². The number of benzene rings is 2. The lowest BCUT2D eigenvalue weighted by Gasteiger charge is -2.10. The first-order valence-corrected chi connectivity index (χ1v) is 7.55. The first-order valence-electron chi connectivity index (χ1n) is 7.55. The molecular formula is C19H18O5. The minimum absolute atomic E-state index is 0.0420. The van der Waals surface area contributed by atoms with E-state index in [1.54, 1.807) is 36.8 Å². The van der Waals surface area contributed by atoms with Crippen LogP contribution in [-0.2, 0) is 0 Å². The van der Waals surface area contributed by atoms with E-state index in [1.807, 2.05) is 24.3 Å². The van der Waals surface area contributed by atoms with Gasteiger partial charge in [-0.3, -0.25) is 0 Å². The number of aliphatic hydroxyl groups is 2. The van der Waals surface area contributed by atoms with Crippen molar-refractivity contribution in [2.75, 3.05) is 13.2 Å². The third-order valence-electron chi connectivity index (χ3n) is 3.66. The van der Waals surface area contributed by atoms with Gasteiger partial charge in [0.1, 0.15) is 24.2 Å². The fraction of sp³-hybridized carbons (Fsp3) is 0.158. The number of furan rings is 1. The largest absolute Gasteiger partial charge is 0.508 e. The molecule has 0 spiro atoms. The van der Waals surface area contributed by atoms with Crippen LogP contribution in [0.1, 0.15) is 0 Å². The zero-order chi connectivity index (χ0) is 16.9. The second-order valence-electron chi connectivity index (χ2n) is 5.42. The number of phenolic OH excluding ortho intramolecular Hbond substituents is 1. The van der Waals surface area contributed by atoms with Crippen molar-refractivity contribution < 1.29 is 24.5 Å². The molecule has 0 aliphatic carbocycles. The van der Waals surface area contributed by atoms with Crippen LogP contribution in [0.4, 0.5) is 0 Å². The van der Waals surface area contributed by atoms with Crippen LogP contribution in [0.5, 0.6) is 11.5 Å². The number of ether oxygens (including phenoxy) is 1. The van der Waals surface area contributed by atoms with Gasteiger partial charge in [-0.25, -0.2) is 0 Å². The predicted molar refractivity (Wildman–Crippen MR) is 89.8 cm³/mol. The Hall–Kier alpha value is -2.76. The summed E-state index contributed by atoms with van der Waals surface area (Å²) in [5.74, 6) is 0.830. The Morgan fingerprint density at radius 2 is 1.42 bits per heavy atom. The van der Waals surface area contributed by atoms with E-state index in [1.165, 1.54) is 0 Å². The molecule has 124 valence electrons. The molecule has 5 nitrogen and oxygen atoms in total. The van der Waals surface area contributed by atoms with Crippen molar-refractivity contribution in [1.82, 2.24) is 0 Å². The zero-order valence-corrected chi connectivity index (χ0v) is 12.9. The number of phenols is 1. The van der Waals surface area contributed by atoms with Crippen molar-refractivity contribution in [1.29, 1.82) is 0 Å². The molecule has 0 radical (unpaired) electrons. The zero-order valence-electron chi connectivity index (χ0n) is 12.9. The number of aromatic hydroxyl groups is 1. The highest BCUT2D eigenvalue weighted by molar-refractivity contribution is 5.82. The van der Waals surface area contributed by atoms with Crippen LogP contribution in [0.2, 0.25) is 0 Å². The Bertz CT molecular complexity index is 774. The van der Waals surface area contributed by atoms with Crippen molar-refractivity contribution in [3.8, 4) is 33.8 Å². The molecule has 2 aromatic carbocycles. The van der Waals surface area contributed by atoms with E-state index < -0.39 is 6.10 Å². The average Bonchev–Trinajstić information content (AvgIpc) is 3.10. The SMILES string of the molecule is OCC(O)COc1ccc(-c2cocc2-c2ccc(O)cc2)cc1. The molecule has 3 N–H and O–H groups in total. The number of aliphatic hydroxyl groups excluding tert-OH is 2. The summed E-state index contributed by atoms with van der Waals surface area (Å²) in [4.78, 5) is 0. The molecular weight excluding hydrogens is 308 g/mol. The maximum Gasteiger partial charge on any atom is 0.119 e. The van der Waals surface area contributed by atoms with Gasteiger partial charge in [0.2, 0.25) is 0 Å². The maximum absolute atomic E-state index is 9.41. The van der Waals surface area contributed by atoms with E-state index in [0.717, 1.165) is 22.3 Å².